The molecule has 3 aromatic rings. The van der Waals surface area contributed by atoms with Crippen LogP contribution in [0.4, 0.5) is 4.39 Å². The Balaban J connectivity index is 1.13. The molecule has 3 aromatic carbocycles. The highest BCUT2D eigenvalue weighted by Gasteiger charge is 2.40. The van der Waals surface area contributed by atoms with Crippen molar-refractivity contribution in [1.29, 1.82) is 0 Å². The second-order valence-electron chi connectivity index (χ2n) is 8.72. The second kappa shape index (κ2) is 9.16. The first kappa shape index (κ1) is 21.3. The van der Waals surface area contributed by atoms with Crippen molar-refractivity contribution in [2.75, 3.05) is 26.2 Å². The number of alkyl halides is 1. The molecule has 5 nitrogen and oxygen atoms in total. The summed E-state index contributed by atoms with van der Waals surface area (Å²) in [4.78, 5) is 28.7. The zero-order chi connectivity index (χ0) is 22.8. The van der Waals surface area contributed by atoms with E-state index in [1.807, 2.05) is 60.7 Å². The SMILES string of the molecule is O=C(c1ccc(-c2ccccc2)cc1)N1CC(N[C@@H]2CN(C(=O)c3ccccc3)CC2F)C1. The summed E-state index contributed by atoms with van der Waals surface area (Å²) in [5.74, 6) is -0.163. The van der Waals surface area contributed by atoms with Gasteiger partial charge in [-0.05, 0) is 35.4 Å². The molecule has 2 amide bonds. The summed E-state index contributed by atoms with van der Waals surface area (Å²) >= 11 is 0. The highest BCUT2D eigenvalue weighted by atomic mass is 19.1. The van der Waals surface area contributed by atoms with E-state index in [4.69, 9.17) is 0 Å². The number of carbonyl (C=O) groups excluding carboxylic acids is 2. The zero-order valence-electron chi connectivity index (χ0n) is 18.2. The molecule has 2 aliphatic heterocycles. The summed E-state index contributed by atoms with van der Waals surface area (Å²) in [7, 11) is 0. The van der Waals surface area contributed by atoms with Crippen LogP contribution in [0.3, 0.4) is 0 Å². The summed E-state index contributed by atoms with van der Waals surface area (Å²) in [5.41, 5.74) is 3.41. The molecule has 0 spiro atoms. The third-order valence-electron chi connectivity index (χ3n) is 6.41. The van der Waals surface area contributed by atoms with Gasteiger partial charge in [-0.3, -0.25) is 9.59 Å². The summed E-state index contributed by atoms with van der Waals surface area (Å²) in [6.45, 7) is 1.50. The van der Waals surface area contributed by atoms with Gasteiger partial charge in [0.25, 0.3) is 11.8 Å². The largest absolute Gasteiger partial charge is 0.335 e. The lowest BCUT2D eigenvalue weighted by atomic mass is 10.0. The molecule has 2 heterocycles. The Morgan fingerprint density at radius 2 is 1.18 bits per heavy atom. The van der Waals surface area contributed by atoms with Gasteiger partial charge in [0.2, 0.25) is 0 Å². The number of rotatable bonds is 5. The van der Waals surface area contributed by atoms with Gasteiger partial charge >= 0.3 is 0 Å². The quantitative estimate of drug-likeness (QED) is 0.655. The third kappa shape index (κ3) is 4.52. The molecule has 2 aliphatic rings. The minimum absolute atomic E-state index is 0.0169. The van der Waals surface area contributed by atoms with E-state index in [0.29, 0.717) is 30.8 Å². The molecule has 6 heteroatoms. The third-order valence-corrected chi connectivity index (χ3v) is 6.41. The zero-order valence-corrected chi connectivity index (χ0v) is 18.2. The maximum atomic E-state index is 14.6. The van der Waals surface area contributed by atoms with Crippen molar-refractivity contribution >= 4 is 11.8 Å². The molecule has 1 N–H and O–H groups in total. The first-order chi connectivity index (χ1) is 16.1. The number of nitrogens with one attached hydrogen (secondary N) is 1. The van der Waals surface area contributed by atoms with Gasteiger partial charge in [0, 0.05) is 36.8 Å². The summed E-state index contributed by atoms with van der Waals surface area (Å²) in [6, 6.07) is 26.3. The normalized spacial score (nSPS) is 20.5. The first-order valence-corrected chi connectivity index (χ1v) is 11.3. The minimum atomic E-state index is -1.12. The van der Waals surface area contributed by atoms with E-state index in [9.17, 15) is 14.0 Å². The number of amides is 2. The van der Waals surface area contributed by atoms with E-state index in [-0.39, 0.29) is 24.4 Å². The number of hydrogen-bond acceptors (Lipinski definition) is 3. The van der Waals surface area contributed by atoms with Crippen LogP contribution >= 0.6 is 0 Å². The number of hydrogen-bond donors (Lipinski definition) is 1. The average Bonchev–Trinajstić information content (AvgIpc) is 3.21. The molecule has 0 aromatic heterocycles. The van der Waals surface area contributed by atoms with Crippen LogP contribution in [-0.4, -0.2) is 66.0 Å². The molecule has 33 heavy (non-hydrogen) atoms. The summed E-state index contributed by atoms with van der Waals surface area (Å²) in [6.07, 6.45) is -1.12. The summed E-state index contributed by atoms with van der Waals surface area (Å²) in [5, 5.41) is 3.31. The van der Waals surface area contributed by atoms with Crippen LogP contribution in [0.1, 0.15) is 20.7 Å². The van der Waals surface area contributed by atoms with Gasteiger partial charge in [-0.2, -0.15) is 0 Å². The number of likely N-dealkylation sites (tertiary alicyclic amines) is 2. The number of carbonyl (C=O) groups is 2. The van der Waals surface area contributed by atoms with Crippen LogP contribution in [0, 0.1) is 0 Å². The number of benzene rings is 3. The first-order valence-electron chi connectivity index (χ1n) is 11.3. The highest BCUT2D eigenvalue weighted by Crippen LogP contribution is 2.22. The van der Waals surface area contributed by atoms with Gasteiger partial charge in [-0.15, -0.1) is 0 Å². The molecule has 2 atom stereocenters. The Bertz CT molecular complexity index is 1120. The van der Waals surface area contributed by atoms with Crippen LogP contribution < -0.4 is 5.32 Å². The molecule has 2 saturated heterocycles. The van der Waals surface area contributed by atoms with Gasteiger partial charge in [0.1, 0.15) is 6.17 Å². The van der Waals surface area contributed by atoms with E-state index in [0.717, 1.165) is 11.1 Å². The lowest BCUT2D eigenvalue weighted by molar-refractivity contribution is 0.0542. The molecular weight excluding hydrogens is 417 g/mol. The molecule has 0 saturated carbocycles. The van der Waals surface area contributed by atoms with Crippen molar-refractivity contribution in [2.24, 2.45) is 0 Å². The number of nitrogens with zero attached hydrogens (tertiary/aromatic N) is 2. The maximum Gasteiger partial charge on any atom is 0.254 e. The van der Waals surface area contributed by atoms with Crippen LogP contribution in [0.25, 0.3) is 11.1 Å². The van der Waals surface area contributed by atoms with Gasteiger partial charge < -0.3 is 15.1 Å². The standard InChI is InChI=1S/C27H26FN3O2/c28-24-17-31(26(32)21-9-5-2-6-10-21)18-25(24)29-23-15-30(16-23)27(33)22-13-11-20(12-14-22)19-7-3-1-4-8-19/h1-14,23-25,29H,15-18H2/t24?,25-/m1/s1. The smallest absolute Gasteiger partial charge is 0.254 e. The topological polar surface area (TPSA) is 52.7 Å². The van der Waals surface area contributed by atoms with Crippen molar-refractivity contribution in [2.45, 2.75) is 18.3 Å². The molecule has 0 aliphatic carbocycles. The van der Waals surface area contributed by atoms with Crippen LogP contribution in [0.5, 0.6) is 0 Å². The molecule has 5 rings (SSSR count). The van der Waals surface area contributed by atoms with Gasteiger partial charge in [-0.1, -0.05) is 60.7 Å². The van der Waals surface area contributed by atoms with Crippen molar-refractivity contribution in [3.8, 4) is 11.1 Å². The van der Waals surface area contributed by atoms with Gasteiger partial charge in [-0.25, -0.2) is 4.39 Å². The summed E-state index contributed by atoms with van der Waals surface area (Å²) < 4.78 is 14.6. The Morgan fingerprint density at radius 3 is 1.82 bits per heavy atom. The van der Waals surface area contributed by atoms with Crippen molar-refractivity contribution in [1.82, 2.24) is 15.1 Å². The fourth-order valence-corrected chi connectivity index (χ4v) is 4.52. The Kier molecular flexibility index (Phi) is 5.92. The molecule has 0 radical (unpaired) electrons. The predicted octanol–water partition coefficient (Wildman–Crippen LogP) is 3.63. The molecule has 1 unspecified atom stereocenters. The van der Waals surface area contributed by atoms with E-state index in [1.165, 1.54) is 0 Å². The Morgan fingerprint density at radius 1 is 0.667 bits per heavy atom. The average molecular weight is 444 g/mol. The number of halogens is 1. The van der Waals surface area contributed by atoms with Crippen LogP contribution in [-0.2, 0) is 0 Å². The Labute approximate surface area is 192 Å². The fourth-order valence-electron chi connectivity index (χ4n) is 4.52. The van der Waals surface area contributed by atoms with Gasteiger partial charge in [0.05, 0.1) is 12.6 Å². The molecule has 168 valence electrons. The van der Waals surface area contributed by atoms with E-state index < -0.39 is 12.2 Å². The van der Waals surface area contributed by atoms with E-state index >= 15 is 0 Å². The monoisotopic (exact) mass is 443 g/mol. The van der Waals surface area contributed by atoms with E-state index in [1.54, 1.807) is 34.1 Å². The molecule has 2 fully saturated rings. The van der Waals surface area contributed by atoms with Gasteiger partial charge in [0.15, 0.2) is 0 Å². The highest BCUT2D eigenvalue weighted by molar-refractivity contribution is 5.95. The second-order valence-corrected chi connectivity index (χ2v) is 8.72. The van der Waals surface area contributed by atoms with Crippen LogP contribution in [0.2, 0.25) is 0 Å². The van der Waals surface area contributed by atoms with Crippen molar-refractivity contribution in [3.63, 3.8) is 0 Å². The predicted molar refractivity (Wildman–Crippen MR) is 126 cm³/mol. The molecule has 0 bridgehead atoms. The Hall–Kier alpha value is -3.51. The van der Waals surface area contributed by atoms with Crippen molar-refractivity contribution in [3.05, 3.63) is 96.1 Å². The fraction of sp³-hybridized carbons (Fsp3) is 0.259. The van der Waals surface area contributed by atoms with E-state index in [2.05, 4.69) is 5.32 Å². The molecular formula is C27H26FN3O2. The maximum absolute atomic E-state index is 14.6. The van der Waals surface area contributed by atoms with Crippen molar-refractivity contribution < 1.29 is 14.0 Å². The lowest BCUT2D eigenvalue weighted by Gasteiger charge is -2.41. The lowest BCUT2D eigenvalue weighted by Crippen LogP contribution is -2.63. The minimum Gasteiger partial charge on any atom is -0.335 e. The van der Waals surface area contributed by atoms with Crippen LogP contribution in [0.15, 0.2) is 84.9 Å².